The lowest BCUT2D eigenvalue weighted by Gasteiger charge is -2.46. The highest BCUT2D eigenvalue weighted by atomic mass is 16.1. The molecule has 1 amide bonds. The third kappa shape index (κ3) is 4.30. The van der Waals surface area contributed by atoms with Gasteiger partial charge in [0.05, 0.1) is 5.56 Å². The van der Waals surface area contributed by atoms with E-state index in [1.165, 1.54) is 12.8 Å². The van der Waals surface area contributed by atoms with E-state index in [1.54, 1.807) is 12.4 Å². The lowest BCUT2D eigenvalue weighted by atomic mass is 9.88. The molecular weight excluding hydrogens is 376 g/mol. The van der Waals surface area contributed by atoms with Crippen molar-refractivity contribution in [1.82, 2.24) is 15.2 Å². The summed E-state index contributed by atoms with van der Waals surface area (Å²) >= 11 is 0. The second-order valence-corrected chi connectivity index (χ2v) is 8.49. The van der Waals surface area contributed by atoms with E-state index in [0.29, 0.717) is 17.3 Å². The van der Waals surface area contributed by atoms with Crippen LogP contribution in [0.4, 0.5) is 5.69 Å². The van der Waals surface area contributed by atoms with Crippen LogP contribution in [0.25, 0.3) is 0 Å². The fourth-order valence-electron chi connectivity index (χ4n) is 4.36. The fourth-order valence-corrected chi connectivity index (χ4v) is 4.36. The Balaban J connectivity index is 1.62. The molecule has 1 unspecified atom stereocenters. The number of nitrogens with one attached hydrogen (secondary N) is 2. The zero-order chi connectivity index (χ0) is 21.0. The van der Waals surface area contributed by atoms with Gasteiger partial charge in [-0.3, -0.25) is 24.8 Å². The quantitative estimate of drug-likeness (QED) is 0.687. The van der Waals surface area contributed by atoms with E-state index in [9.17, 15) is 9.59 Å². The summed E-state index contributed by atoms with van der Waals surface area (Å²) in [6.07, 6.45) is 11.1. The number of aryl methyl sites for hydroxylation is 1. The minimum atomic E-state index is -0.850. The molecule has 6 heteroatoms. The Kier molecular flexibility index (Phi) is 6.25. The topological polar surface area (TPSA) is 74.3 Å². The van der Waals surface area contributed by atoms with Crippen molar-refractivity contribution in [3.05, 3.63) is 59.4 Å². The molecule has 2 N–H and O–H groups in total. The van der Waals surface area contributed by atoms with Gasteiger partial charge in [0, 0.05) is 37.2 Å². The van der Waals surface area contributed by atoms with E-state index >= 15 is 0 Å². The molecule has 1 saturated heterocycles. The van der Waals surface area contributed by atoms with Crippen LogP contribution in [0.5, 0.6) is 0 Å². The summed E-state index contributed by atoms with van der Waals surface area (Å²) in [5.41, 5.74) is 2.16. The molecule has 2 aliphatic rings. The second-order valence-electron chi connectivity index (χ2n) is 8.49. The standard InChI is InChI=1S/C24H30N4O2/c1-18-13-19(16-25-15-18)23(30)26-22-10-5-7-20(14-22)24(17-29,27-21-8-6-9-21)28-11-3-2-4-12-28/h5,7,10,13-17,21,27H,2-4,6,8-9,11-12H2,1H3,(H,26,30). The summed E-state index contributed by atoms with van der Waals surface area (Å²) in [5, 5.41) is 6.62. The highest BCUT2D eigenvalue weighted by Crippen LogP contribution is 2.32. The Morgan fingerprint density at radius 1 is 1.13 bits per heavy atom. The Bertz CT molecular complexity index is 906. The van der Waals surface area contributed by atoms with Crippen molar-refractivity contribution in [2.75, 3.05) is 18.4 Å². The Hall–Kier alpha value is -2.57. The third-order valence-corrected chi connectivity index (χ3v) is 6.25. The summed E-state index contributed by atoms with van der Waals surface area (Å²) in [4.78, 5) is 31.7. The number of pyridine rings is 1. The van der Waals surface area contributed by atoms with Gasteiger partial charge < -0.3 is 5.32 Å². The van der Waals surface area contributed by atoms with E-state index in [0.717, 1.165) is 56.2 Å². The number of aromatic nitrogens is 1. The minimum Gasteiger partial charge on any atom is -0.322 e. The maximum Gasteiger partial charge on any atom is 0.257 e. The van der Waals surface area contributed by atoms with Crippen LogP contribution in [0.15, 0.2) is 42.7 Å². The number of amides is 1. The molecule has 1 saturated carbocycles. The number of likely N-dealkylation sites (tertiary alicyclic amines) is 1. The molecule has 0 radical (unpaired) electrons. The van der Waals surface area contributed by atoms with Crippen molar-refractivity contribution in [3.8, 4) is 0 Å². The van der Waals surface area contributed by atoms with Crippen LogP contribution in [0, 0.1) is 6.92 Å². The molecular formula is C24H30N4O2. The molecule has 30 heavy (non-hydrogen) atoms. The van der Waals surface area contributed by atoms with E-state index in [2.05, 4.69) is 20.5 Å². The van der Waals surface area contributed by atoms with Crippen LogP contribution < -0.4 is 10.6 Å². The van der Waals surface area contributed by atoms with Crippen LogP contribution in [0.3, 0.4) is 0 Å². The first-order chi connectivity index (χ1) is 14.6. The number of carbonyl (C=O) groups excluding carboxylic acids is 2. The molecule has 4 rings (SSSR count). The number of hydrogen-bond donors (Lipinski definition) is 2. The van der Waals surface area contributed by atoms with Gasteiger partial charge in [0.15, 0.2) is 11.9 Å². The molecule has 1 aliphatic carbocycles. The average Bonchev–Trinajstić information content (AvgIpc) is 2.74. The number of benzene rings is 1. The van der Waals surface area contributed by atoms with Crippen molar-refractivity contribution in [2.45, 2.75) is 57.2 Å². The van der Waals surface area contributed by atoms with Crippen LogP contribution in [0.2, 0.25) is 0 Å². The van der Waals surface area contributed by atoms with Gasteiger partial charge in [-0.2, -0.15) is 0 Å². The second kappa shape index (κ2) is 9.06. The van der Waals surface area contributed by atoms with Crippen LogP contribution in [-0.2, 0) is 10.5 Å². The highest BCUT2D eigenvalue weighted by molar-refractivity contribution is 6.04. The molecule has 2 fully saturated rings. The lowest BCUT2D eigenvalue weighted by molar-refractivity contribution is -0.124. The third-order valence-electron chi connectivity index (χ3n) is 6.25. The molecule has 1 aromatic heterocycles. The fraction of sp³-hybridized carbons (Fsp3) is 0.458. The zero-order valence-corrected chi connectivity index (χ0v) is 17.6. The van der Waals surface area contributed by atoms with Crippen molar-refractivity contribution < 1.29 is 9.59 Å². The summed E-state index contributed by atoms with van der Waals surface area (Å²) < 4.78 is 0. The average molecular weight is 407 g/mol. The van der Waals surface area contributed by atoms with Gasteiger partial charge in [0.2, 0.25) is 0 Å². The summed E-state index contributed by atoms with van der Waals surface area (Å²) in [7, 11) is 0. The normalized spacial score (nSPS) is 19.5. The van der Waals surface area contributed by atoms with Crippen LogP contribution in [0.1, 0.15) is 60.0 Å². The maximum absolute atomic E-state index is 12.7. The zero-order valence-electron chi connectivity index (χ0n) is 17.6. The van der Waals surface area contributed by atoms with Gasteiger partial charge in [-0.25, -0.2) is 0 Å². The number of aldehydes is 1. The van der Waals surface area contributed by atoms with Gasteiger partial charge in [0.25, 0.3) is 5.91 Å². The van der Waals surface area contributed by atoms with Gasteiger partial charge in [0.1, 0.15) is 0 Å². The van der Waals surface area contributed by atoms with E-state index in [1.807, 2.05) is 37.3 Å². The molecule has 1 aromatic carbocycles. The number of rotatable bonds is 7. The first-order valence-corrected chi connectivity index (χ1v) is 10.9. The monoisotopic (exact) mass is 406 g/mol. The smallest absolute Gasteiger partial charge is 0.257 e. The van der Waals surface area contributed by atoms with Crippen molar-refractivity contribution in [1.29, 1.82) is 0 Å². The van der Waals surface area contributed by atoms with E-state index < -0.39 is 5.66 Å². The Morgan fingerprint density at radius 3 is 2.60 bits per heavy atom. The maximum atomic E-state index is 12.7. The SMILES string of the molecule is Cc1cncc(C(=O)Nc2cccc(C(C=O)(NC3CCC3)N3CCCCC3)c2)c1. The molecule has 2 heterocycles. The lowest BCUT2D eigenvalue weighted by Crippen LogP contribution is -2.62. The molecule has 0 spiro atoms. The summed E-state index contributed by atoms with van der Waals surface area (Å²) in [6, 6.07) is 9.85. The van der Waals surface area contributed by atoms with Crippen LogP contribution in [-0.4, -0.2) is 41.2 Å². The molecule has 1 aliphatic heterocycles. The highest BCUT2D eigenvalue weighted by Gasteiger charge is 2.41. The molecule has 0 bridgehead atoms. The van der Waals surface area contributed by atoms with Gasteiger partial charge >= 0.3 is 0 Å². The van der Waals surface area contributed by atoms with Gasteiger partial charge in [-0.15, -0.1) is 0 Å². The molecule has 6 nitrogen and oxygen atoms in total. The Morgan fingerprint density at radius 2 is 1.93 bits per heavy atom. The van der Waals surface area contributed by atoms with Gasteiger partial charge in [-0.05, 0) is 61.9 Å². The minimum absolute atomic E-state index is 0.204. The summed E-state index contributed by atoms with van der Waals surface area (Å²) in [5.74, 6) is -0.204. The number of carbonyl (C=O) groups is 2. The molecule has 1 atom stereocenters. The van der Waals surface area contributed by atoms with E-state index in [-0.39, 0.29) is 5.91 Å². The molecule has 158 valence electrons. The van der Waals surface area contributed by atoms with E-state index in [4.69, 9.17) is 0 Å². The Labute approximate surface area is 178 Å². The predicted molar refractivity (Wildman–Crippen MR) is 117 cm³/mol. The number of nitrogens with zero attached hydrogens (tertiary/aromatic N) is 2. The van der Waals surface area contributed by atoms with Gasteiger partial charge in [-0.1, -0.05) is 25.0 Å². The predicted octanol–water partition coefficient (Wildman–Crippen LogP) is 3.62. The number of hydrogen-bond acceptors (Lipinski definition) is 5. The first-order valence-electron chi connectivity index (χ1n) is 10.9. The van der Waals surface area contributed by atoms with Crippen LogP contribution >= 0.6 is 0 Å². The van der Waals surface area contributed by atoms with Crippen molar-refractivity contribution in [2.24, 2.45) is 0 Å². The number of piperidine rings is 1. The van der Waals surface area contributed by atoms with Crippen molar-refractivity contribution in [3.63, 3.8) is 0 Å². The molecule has 2 aromatic rings. The van der Waals surface area contributed by atoms with Crippen molar-refractivity contribution >= 4 is 17.9 Å². The number of anilines is 1. The largest absolute Gasteiger partial charge is 0.322 e. The first kappa shape index (κ1) is 20.7. The summed E-state index contributed by atoms with van der Waals surface area (Å²) in [6.45, 7) is 3.70.